The summed E-state index contributed by atoms with van der Waals surface area (Å²) in [5, 5.41) is 3.67. The quantitative estimate of drug-likeness (QED) is 0.668. The van der Waals surface area contributed by atoms with Crippen LogP contribution in [0, 0.1) is 19.7 Å². The van der Waals surface area contributed by atoms with Crippen LogP contribution in [-0.2, 0) is 23.2 Å². The van der Waals surface area contributed by atoms with Gasteiger partial charge in [-0.15, -0.1) is 0 Å². The Hall–Kier alpha value is -2.71. The van der Waals surface area contributed by atoms with Crippen LogP contribution in [0.15, 0.2) is 57.9 Å². The SMILES string of the molecule is Cc1noc(C)c1S(=O)(=O)NCc1ccc(OCc2ccc(F)cc2)cc1. The molecule has 0 radical (unpaired) electrons. The Morgan fingerprint density at radius 3 is 2.26 bits per heavy atom. The highest BCUT2D eigenvalue weighted by Crippen LogP contribution is 2.19. The van der Waals surface area contributed by atoms with E-state index in [0.717, 1.165) is 11.1 Å². The number of rotatable bonds is 7. The monoisotopic (exact) mass is 390 g/mol. The Morgan fingerprint density at radius 1 is 1.04 bits per heavy atom. The number of sulfonamides is 1. The van der Waals surface area contributed by atoms with E-state index >= 15 is 0 Å². The Kier molecular flexibility index (Phi) is 5.57. The van der Waals surface area contributed by atoms with Gasteiger partial charge in [-0.1, -0.05) is 29.4 Å². The van der Waals surface area contributed by atoms with Crippen molar-refractivity contribution in [3.8, 4) is 5.75 Å². The largest absolute Gasteiger partial charge is 0.489 e. The molecule has 2 aromatic carbocycles. The average Bonchev–Trinajstić information content (AvgIpc) is 3.00. The molecule has 1 heterocycles. The van der Waals surface area contributed by atoms with Gasteiger partial charge < -0.3 is 9.26 Å². The first-order valence-corrected chi connectivity index (χ1v) is 9.72. The molecular formula is C19H19FN2O4S. The topological polar surface area (TPSA) is 81.4 Å². The molecule has 0 fully saturated rings. The number of ether oxygens (including phenoxy) is 1. The van der Waals surface area contributed by atoms with Gasteiger partial charge in [0.05, 0.1) is 0 Å². The number of hydrogen-bond acceptors (Lipinski definition) is 5. The molecule has 0 amide bonds. The molecule has 8 heteroatoms. The van der Waals surface area contributed by atoms with Gasteiger partial charge in [0.15, 0.2) is 5.76 Å². The Bertz CT molecular complexity index is 993. The van der Waals surface area contributed by atoms with E-state index in [4.69, 9.17) is 9.26 Å². The predicted molar refractivity (Wildman–Crippen MR) is 97.2 cm³/mol. The van der Waals surface area contributed by atoms with Crippen LogP contribution in [-0.4, -0.2) is 13.6 Å². The molecule has 0 aliphatic rings. The van der Waals surface area contributed by atoms with Crippen LogP contribution >= 0.6 is 0 Å². The van der Waals surface area contributed by atoms with Crippen LogP contribution in [0.2, 0.25) is 0 Å². The van der Waals surface area contributed by atoms with Crippen LogP contribution in [0.5, 0.6) is 5.75 Å². The summed E-state index contributed by atoms with van der Waals surface area (Å²) in [4.78, 5) is 0.0711. The molecule has 1 aromatic heterocycles. The van der Waals surface area contributed by atoms with Crippen molar-refractivity contribution in [2.75, 3.05) is 0 Å². The Morgan fingerprint density at radius 2 is 1.67 bits per heavy atom. The summed E-state index contributed by atoms with van der Waals surface area (Å²) in [5.41, 5.74) is 1.96. The Balaban J connectivity index is 1.58. The summed E-state index contributed by atoms with van der Waals surface area (Å²) in [7, 11) is -3.70. The van der Waals surface area contributed by atoms with E-state index in [0.29, 0.717) is 18.1 Å². The number of benzene rings is 2. The zero-order valence-electron chi connectivity index (χ0n) is 14.9. The second kappa shape index (κ2) is 7.89. The number of aryl methyl sites for hydroxylation is 2. The van der Waals surface area contributed by atoms with Gasteiger partial charge in [0.1, 0.15) is 28.8 Å². The second-order valence-corrected chi connectivity index (χ2v) is 7.74. The van der Waals surface area contributed by atoms with Gasteiger partial charge in [-0.3, -0.25) is 0 Å². The smallest absolute Gasteiger partial charge is 0.246 e. The van der Waals surface area contributed by atoms with E-state index < -0.39 is 10.0 Å². The van der Waals surface area contributed by atoms with Crippen molar-refractivity contribution in [3.05, 3.63) is 76.9 Å². The summed E-state index contributed by atoms with van der Waals surface area (Å²) < 4.78 is 50.8. The fourth-order valence-corrected chi connectivity index (χ4v) is 3.90. The minimum absolute atomic E-state index is 0.0711. The van der Waals surface area contributed by atoms with Gasteiger partial charge >= 0.3 is 0 Å². The van der Waals surface area contributed by atoms with Crippen LogP contribution in [0.1, 0.15) is 22.6 Å². The highest BCUT2D eigenvalue weighted by molar-refractivity contribution is 7.89. The first kappa shape index (κ1) is 19.1. The third-order valence-electron chi connectivity index (χ3n) is 3.95. The summed E-state index contributed by atoms with van der Waals surface area (Å²) >= 11 is 0. The van der Waals surface area contributed by atoms with Gasteiger partial charge in [-0.25, -0.2) is 17.5 Å². The van der Waals surface area contributed by atoms with E-state index in [1.807, 2.05) is 0 Å². The second-order valence-electron chi connectivity index (χ2n) is 6.04. The van der Waals surface area contributed by atoms with Crippen LogP contribution in [0.3, 0.4) is 0 Å². The van der Waals surface area contributed by atoms with E-state index in [1.165, 1.54) is 12.1 Å². The molecule has 27 heavy (non-hydrogen) atoms. The molecule has 3 aromatic rings. The minimum atomic E-state index is -3.70. The van der Waals surface area contributed by atoms with E-state index in [2.05, 4.69) is 9.88 Å². The lowest BCUT2D eigenvalue weighted by atomic mass is 10.2. The highest BCUT2D eigenvalue weighted by Gasteiger charge is 2.23. The maximum absolute atomic E-state index is 12.9. The van der Waals surface area contributed by atoms with Crippen molar-refractivity contribution in [2.45, 2.75) is 31.9 Å². The lowest BCUT2D eigenvalue weighted by Crippen LogP contribution is -2.24. The normalized spacial score (nSPS) is 11.5. The van der Waals surface area contributed by atoms with Crippen molar-refractivity contribution in [1.82, 2.24) is 9.88 Å². The standard InChI is InChI=1S/C19H19FN2O4S/c1-13-19(14(2)26-22-13)27(23,24)21-11-15-5-9-18(10-6-15)25-12-16-3-7-17(20)8-4-16/h3-10,21H,11-12H2,1-2H3. The van der Waals surface area contributed by atoms with Crippen LogP contribution in [0.25, 0.3) is 0 Å². The number of aromatic nitrogens is 1. The predicted octanol–water partition coefficient (Wildman–Crippen LogP) is 3.49. The van der Waals surface area contributed by atoms with Crippen molar-refractivity contribution >= 4 is 10.0 Å². The molecule has 0 saturated carbocycles. The number of nitrogens with one attached hydrogen (secondary N) is 1. The molecule has 142 valence electrons. The van der Waals surface area contributed by atoms with Gasteiger partial charge in [0.25, 0.3) is 0 Å². The van der Waals surface area contributed by atoms with Gasteiger partial charge in [-0.2, -0.15) is 0 Å². The van der Waals surface area contributed by atoms with Crippen molar-refractivity contribution < 1.29 is 22.1 Å². The number of halogens is 1. The molecule has 0 aliphatic carbocycles. The molecule has 1 N–H and O–H groups in total. The summed E-state index contributed by atoms with van der Waals surface area (Å²) in [6, 6.07) is 13.1. The molecule has 0 saturated heterocycles. The van der Waals surface area contributed by atoms with Crippen LogP contribution in [0.4, 0.5) is 4.39 Å². The number of nitrogens with zero attached hydrogens (tertiary/aromatic N) is 1. The van der Waals surface area contributed by atoms with E-state index in [1.54, 1.807) is 50.2 Å². The summed E-state index contributed by atoms with van der Waals surface area (Å²) in [6.45, 7) is 3.59. The summed E-state index contributed by atoms with van der Waals surface area (Å²) in [6.07, 6.45) is 0. The molecule has 0 atom stereocenters. The molecule has 3 rings (SSSR count). The zero-order valence-corrected chi connectivity index (χ0v) is 15.7. The minimum Gasteiger partial charge on any atom is -0.489 e. The first-order valence-electron chi connectivity index (χ1n) is 8.24. The maximum Gasteiger partial charge on any atom is 0.246 e. The lowest BCUT2D eigenvalue weighted by molar-refractivity contribution is 0.306. The molecule has 0 unspecified atom stereocenters. The fraction of sp³-hybridized carbons (Fsp3) is 0.211. The molecular weight excluding hydrogens is 371 g/mol. The fourth-order valence-electron chi connectivity index (χ4n) is 2.56. The molecule has 0 aliphatic heterocycles. The summed E-state index contributed by atoms with van der Waals surface area (Å²) in [5.74, 6) is 0.600. The Labute approximate surface area is 157 Å². The molecule has 0 bridgehead atoms. The number of hydrogen-bond donors (Lipinski definition) is 1. The molecule has 6 nitrogen and oxygen atoms in total. The molecule has 0 spiro atoms. The third kappa shape index (κ3) is 4.72. The first-order chi connectivity index (χ1) is 12.8. The van der Waals surface area contributed by atoms with Crippen molar-refractivity contribution in [1.29, 1.82) is 0 Å². The third-order valence-corrected chi connectivity index (χ3v) is 5.59. The van der Waals surface area contributed by atoms with Gasteiger partial charge in [0, 0.05) is 6.54 Å². The van der Waals surface area contributed by atoms with Crippen LogP contribution < -0.4 is 9.46 Å². The average molecular weight is 390 g/mol. The zero-order chi connectivity index (χ0) is 19.4. The lowest BCUT2D eigenvalue weighted by Gasteiger charge is -2.09. The van der Waals surface area contributed by atoms with Gasteiger partial charge in [0.2, 0.25) is 10.0 Å². The van der Waals surface area contributed by atoms with Crippen molar-refractivity contribution in [3.63, 3.8) is 0 Å². The maximum atomic E-state index is 12.9. The van der Waals surface area contributed by atoms with E-state index in [9.17, 15) is 12.8 Å². The van der Waals surface area contributed by atoms with Gasteiger partial charge in [-0.05, 0) is 49.2 Å². The van der Waals surface area contributed by atoms with Crippen molar-refractivity contribution in [2.24, 2.45) is 0 Å². The van der Waals surface area contributed by atoms with E-state index in [-0.39, 0.29) is 23.0 Å². The highest BCUT2D eigenvalue weighted by atomic mass is 32.2.